The lowest BCUT2D eigenvalue weighted by Crippen LogP contribution is -2.37. The van der Waals surface area contributed by atoms with Crippen LogP contribution in [0.1, 0.15) is 34.3 Å². The first-order chi connectivity index (χ1) is 19.4. The molecule has 0 saturated heterocycles. The van der Waals surface area contributed by atoms with Crippen molar-refractivity contribution in [2.75, 3.05) is 71.3 Å². The molecule has 0 saturated carbocycles. The lowest BCUT2D eigenvalue weighted by atomic mass is 10.0. The van der Waals surface area contributed by atoms with Crippen molar-refractivity contribution in [3.63, 3.8) is 0 Å². The zero-order chi connectivity index (χ0) is 28.3. The number of hydrogen-bond donors (Lipinski definition) is 2. The van der Waals surface area contributed by atoms with E-state index in [4.69, 9.17) is 16.3 Å². The normalized spacial score (nSPS) is 13.5. The fourth-order valence-corrected chi connectivity index (χ4v) is 4.83. The van der Waals surface area contributed by atoms with Crippen LogP contribution in [0.2, 0.25) is 5.02 Å². The maximum absolute atomic E-state index is 13.4. The molecule has 40 heavy (non-hydrogen) atoms. The van der Waals surface area contributed by atoms with Crippen LogP contribution < -0.4 is 10.7 Å². The average Bonchev–Trinajstić information content (AvgIpc) is 3.17. The highest BCUT2D eigenvalue weighted by molar-refractivity contribution is 6.32. The molecule has 0 spiro atoms. The fraction of sp³-hybridized carbons (Fsp3) is 0.433. The number of nitrogens with one attached hydrogen (secondary N) is 2. The predicted octanol–water partition coefficient (Wildman–Crippen LogP) is 4.73. The minimum atomic E-state index is -0.139. The number of nitrogens with zero attached hydrogens (tertiary/aromatic N) is 5. The number of benzene rings is 2. The number of rotatable bonds is 13. The van der Waals surface area contributed by atoms with Gasteiger partial charge in [-0.2, -0.15) is 4.98 Å². The smallest absolute Gasteiger partial charge is 0.272 e. The molecule has 10 heteroatoms. The summed E-state index contributed by atoms with van der Waals surface area (Å²) in [5, 5.41) is 5.24. The topological polar surface area (TPSA) is 85.9 Å². The van der Waals surface area contributed by atoms with Gasteiger partial charge in [-0.1, -0.05) is 35.9 Å². The van der Waals surface area contributed by atoms with Gasteiger partial charge >= 0.3 is 0 Å². The third kappa shape index (κ3) is 8.63. The molecule has 2 heterocycles. The van der Waals surface area contributed by atoms with E-state index in [1.165, 1.54) is 11.1 Å². The number of halogens is 1. The Balaban J connectivity index is 1.46. The summed E-state index contributed by atoms with van der Waals surface area (Å²) < 4.78 is 5.25. The molecular weight excluding hydrogens is 526 g/mol. The van der Waals surface area contributed by atoms with Crippen molar-refractivity contribution < 1.29 is 9.53 Å². The Bertz CT molecular complexity index is 1240. The lowest BCUT2D eigenvalue weighted by Gasteiger charge is -2.25. The number of hydrogen-bond acceptors (Lipinski definition) is 8. The monoisotopic (exact) mass is 565 g/mol. The fourth-order valence-electron chi connectivity index (χ4n) is 4.70. The van der Waals surface area contributed by atoms with E-state index < -0.39 is 0 Å². The summed E-state index contributed by atoms with van der Waals surface area (Å²) in [6, 6.07) is 15.6. The van der Waals surface area contributed by atoms with E-state index in [0.717, 1.165) is 64.2 Å². The molecule has 1 aliphatic heterocycles. The quantitative estimate of drug-likeness (QED) is 0.227. The molecule has 1 aliphatic rings. The Morgan fingerprint density at radius 1 is 1.05 bits per heavy atom. The molecular formula is C30H40ClN7O2. The Morgan fingerprint density at radius 3 is 2.55 bits per heavy atom. The molecule has 2 aromatic carbocycles. The second kappa shape index (κ2) is 14.9. The van der Waals surface area contributed by atoms with E-state index in [-0.39, 0.29) is 5.91 Å². The maximum Gasteiger partial charge on any atom is 0.272 e. The van der Waals surface area contributed by atoms with Crippen LogP contribution in [-0.2, 0) is 17.6 Å². The number of carbonyl (C=O) groups excluding carboxylic acids is 1. The summed E-state index contributed by atoms with van der Waals surface area (Å²) >= 11 is 6.49. The number of amides is 1. The highest BCUT2D eigenvalue weighted by atomic mass is 35.5. The van der Waals surface area contributed by atoms with E-state index in [9.17, 15) is 4.79 Å². The lowest BCUT2D eigenvalue weighted by molar-refractivity contribution is 0.0789. The van der Waals surface area contributed by atoms with Crippen LogP contribution in [0, 0.1) is 0 Å². The van der Waals surface area contributed by atoms with Crippen LogP contribution in [0.15, 0.2) is 54.7 Å². The molecule has 2 N–H and O–H groups in total. The minimum Gasteiger partial charge on any atom is -0.383 e. The standard InChI is InChI=1S/C30H40ClN7O2/c1-36(2)15-7-8-16-38(29(39)24-9-5-4-6-10-24)35-28-27(31)22-32-30(34-28)33-26-12-11-23-13-17-37(19-20-40-3)18-14-25(23)21-26/h4-6,9-12,21-22H,7-8,13-20H2,1-3H3,(H2,32,33,34,35). The van der Waals surface area contributed by atoms with Crippen molar-refractivity contribution in [2.24, 2.45) is 0 Å². The SMILES string of the molecule is COCCN1CCc2ccc(Nc3ncc(Cl)c(NN(CCCCN(C)C)C(=O)c4ccccc4)n3)cc2CC1. The number of hydrazine groups is 1. The Labute approximate surface area is 242 Å². The number of carbonyl (C=O) groups is 1. The molecule has 4 rings (SSSR count). The van der Waals surface area contributed by atoms with Crippen molar-refractivity contribution in [3.05, 3.63) is 76.4 Å². The number of ether oxygens (including phenoxy) is 1. The second-order valence-electron chi connectivity index (χ2n) is 10.3. The summed E-state index contributed by atoms with van der Waals surface area (Å²) in [5.41, 5.74) is 7.38. The van der Waals surface area contributed by atoms with E-state index in [0.29, 0.717) is 28.9 Å². The van der Waals surface area contributed by atoms with Crippen LogP contribution >= 0.6 is 11.6 Å². The van der Waals surface area contributed by atoms with E-state index >= 15 is 0 Å². The minimum absolute atomic E-state index is 0.139. The van der Waals surface area contributed by atoms with Crippen molar-refractivity contribution in [3.8, 4) is 0 Å². The third-order valence-electron chi connectivity index (χ3n) is 6.96. The molecule has 0 bridgehead atoms. The highest BCUT2D eigenvalue weighted by Gasteiger charge is 2.19. The molecule has 0 aliphatic carbocycles. The summed E-state index contributed by atoms with van der Waals surface area (Å²) in [6.45, 7) is 5.19. The summed E-state index contributed by atoms with van der Waals surface area (Å²) in [5.74, 6) is 0.640. The first-order valence-corrected chi connectivity index (χ1v) is 14.2. The van der Waals surface area contributed by atoms with Gasteiger partial charge in [0, 0.05) is 44.5 Å². The molecule has 214 valence electrons. The Hall–Kier alpha value is -3.24. The van der Waals surface area contributed by atoms with Crippen LogP contribution in [0.5, 0.6) is 0 Å². The largest absolute Gasteiger partial charge is 0.383 e. The zero-order valence-electron chi connectivity index (χ0n) is 23.7. The van der Waals surface area contributed by atoms with Gasteiger partial charge in [-0.05, 0) is 81.7 Å². The summed E-state index contributed by atoms with van der Waals surface area (Å²) in [7, 11) is 5.83. The average molecular weight is 566 g/mol. The number of aromatic nitrogens is 2. The number of anilines is 3. The van der Waals surface area contributed by atoms with Gasteiger partial charge in [0.15, 0.2) is 5.82 Å². The molecule has 0 atom stereocenters. The van der Waals surface area contributed by atoms with Gasteiger partial charge in [-0.3, -0.25) is 15.2 Å². The van der Waals surface area contributed by atoms with Crippen molar-refractivity contribution >= 4 is 35.0 Å². The number of fused-ring (bicyclic) bond motifs is 1. The summed E-state index contributed by atoms with van der Waals surface area (Å²) in [6.07, 6.45) is 5.33. The van der Waals surface area contributed by atoms with Gasteiger partial charge in [-0.15, -0.1) is 0 Å². The van der Waals surface area contributed by atoms with Crippen LogP contribution in [-0.4, -0.2) is 91.2 Å². The van der Waals surface area contributed by atoms with E-state index in [1.54, 1.807) is 30.4 Å². The van der Waals surface area contributed by atoms with Gasteiger partial charge in [-0.25, -0.2) is 4.98 Å². The van der Waals surface area contributed by atoms with Gasteiger partial charge in [0.2, 0.25) is 5.95 Å². The first-order valence-electron chi connectivity index (χ1n) is 13.8. The number of methoxy groups -OCH3 is 1. The van der Waals surface area contributed by atoms with Crippen molar-refractivity contribution in [1.29, 1.82) is 0 Å². The van der Waals surface area contributed by atoms with Crippen LogP contribution in [0.4, 0.5) is 17.5 Å². The zero-order valence-corrected chi connectivity index (χ0v) is 24.5. The van der Waals surface area contributed by atoms with Crippen LogP contribution in [0.25, 0.3) is 0 Å². The molecule has 1 aromatic heterocycles. The third-order valence-corrected chi connectivity index (χ3v) is 7.23. The molecule has 0 unspecified atom stereocenters. The molecule has 9 nitrogen and oxygen atoms in total. The highest BCUT2D eigenvalue weighted by Crippen LogP contribution is 2.25. The molecule has 1 amide bonds. The molecule has 0 fully saturated rings. The predicted molar refractivity (Wildman–Crippen MR) is 161 cm³/mol. The van der Waals surface area contributed by atoms with Crippen molar-refractivity contribution in [1.82, 2.24) is 24.8 Å². The van der Waals surface area contributed by atoms with Gasteiger partial charge in [0.25, 0.3) is 5.91 Å². The first kappa shape index (κ1) is 29.7. The van der Waals surface area contributed by atoms with Gasteiger partial charge in [0.1, 0.15) is 5.02 Å². The molecule has 3 aromatic rings. The Kier molecular flexibility index (Phi) is 11.1. The van der Waals surface area contributed by atoms with Gasteiger partial charge in [0.05, 0.1) is 12.8 Å². The second-order valence-corrected chi connectivity index (χ2v) is 10.7. The van der Waals surface area contributed by atoms with E-state index in [1.807, 2.05) is 32.3 Å². The number of unbranched alkanes of at least 4 members (excludes halogenated alkanes) is 1. The van der Waals surface area contributed by atoms with Crippen molar-refractivity contribution in [2.45, 2.75) is 25.7 Å². The van der Waals surface area contributed by atoms with Gasteiger partial charge < -0.3 is 19.9 Å². The molecule has 0 radical (unpaired) electrons. The summed E-state index contributed by atoms with van der Waals surface area (Å²) in [4.78, 5) is 26.9. The Morgan fingerprint density at radius 2 is 1.80 bits per heavy atom. The van der Waals surface area contributed by atoms with E-state index in [2.05, 4.69) is 48.7 Å². The van der Waals surface area contributed by atoms with Crippen LogP contribution in [0.3, 0.4) is 0 Å². The maximum atomic E-state index is 13.4.